The fraction of sp³-hybridized carbons (Fsp3) is 0.250. The number of fused-ring (bicyclic) bond motifs is 1. The maximum absolute atomic E-state index is 13.1. The summed E-state index contributed by atoms with van der Waals surface area (Å²) < 4.78 is 1.80. The molecule has 0 bridgehead atoms. The van der Waals surface area contributed by atoms with Crippen molar-refractivity contribution < 1.29 is 4.79 Å². The lowest BCUT2D eigenvalue weighted by Gasteiger charge is -2.37. The van der Waals surface area contributed by atoms with Gasteiger partial charge in [-0.15, -0.1) is 0 Å². The quantitative estimate of drug-likeness (QED) is 0.435. The van der Waals surface area contributed by atoms with Crippen LogP contribution in [0.4, 0.5) is 5.82 Å². The molecule has 2 aromatic heterocycles. The normalized spacial score (nSPS) is 14.2. The van der Waals surface area contributed by atoms with Crippen molar-refractivity contribution in [2.75, 3.05) is 31.1 Å². The van der Waals surface area contributed by atoms with Gasteiger partial charge in [0.25, 0.3) is 11.7 Å². The highest BCUT2D eigenvalue weighted by Gasteiger charge is 2.28. The highest BCUT2D eigenvalue weighted by Crippen LogP contribution is 2.29. The Hall–Kier alpha value is -3.16. The lowest BCUT2D eigenvalue weighted by molar-refractivity contribution is 0.0746. The molecule has 1 fully saturated rings. The fourth-order valence-electron chi connectivity index (χ4n) is 4.28. The molecule has 9 heteroatoms. The van der Waals surface area contributed by atoms with E-state index in [-0.39, 0.29) is 5.91 Å². The zero-order valence-electron chi connectivity index (χ0n) is 18.1. The zero-order chi connectivity index (χ0) is 22.9. The summed E-state index contributed by atoms with van der Waals surface area (Å²) in [6, 6.07) is 15.4. The summed E-state index contributed by atoms with van der Waals surface area (Å²) in [5, 5.41) is 5.19. The van der Waals surface area contributed by atoms with Crippen LogP contribution in [0.3, 0.4) is 0 Å². The third-order valence-electron chi connectivity index (χ3n) is 5.97. The van der Waals surface area contributed by atoms with Gasteiger partial charge in [0.1, 0.15) is 12.1 Å². The molecule has 33 heavy (non-hydrogen) atoms. The molecular weight excluding hydrogens is 459 g/mol. The van der Waals surface area contributed by atoms with E-state index in [1.165, 1.54) is 11.9 Å². The second-order valence-corrected chi connectivity index (χ2v) is 8.82. The molecule has 168 valence electrons. The van der Waals surface area contributed by atoms with E-state index in [2.05, 4.69) is 32.1 Å². The molecule has 0 radical (unpaired) electrons. The number of rotatable bonds is 4. The van der Waals surface area contributed by atoms with Crippen LogP contribution in [0.2, 0.25) is 10.0 Å². The van der Waals surface area contributed by atoms with Crippen LogP contribution in [0, 0.1) is 6.92 Å². The van der Waals surface area contributed by atoms with Crippen LogP contribution >= 0.6 is 23.2 Å². The van der Waals surface area contributed by atoms with E-state index in [9.17, 15) is 4.79 Å². The van der Waals surface area contributed by atoms with Crippen molar-refractivity contribution in [3.8, 4) is 0 Å². The Morgan fingerprint density at radius 1 is 0.970 bits per heavy atom. The number of amides is 1. The number of carbonyl (C=O) groups is 1. The Morgan fingerprint density at radius 3 is 2.36 bits per heavy atom. The van der Waals surface area contributed by atoms with Crippen LogP contribution in [0.5, 0.6) is 0 Å². The maximum atomic E-state index is 13.1. The van der Waals surface area contributed by atoms with E-state index in [1.807, 2.05) is 25.1 Å². The van der Waals surface area contributed by atoms with Gasteiger partial charge < -0.3 is 9.80 Å². The summed E-state index contributed by atoms with van der Waals surface area (Å²) in [7, 11) is 0. The number of benzene rings is 2. The van der Waals surface area contributed by atoms with Gasteiger partial charge in [-0.3, -0.25) is 4.79 Å². The van der Waals surface area contributed by atoms with Gasteiger partial charge in [-0.1, -0.05) is 59.6 Å². The van der Waals surface area contributed by atoms with Crippen molar-refractivity contribution in [2.24, 2.45) is 0 Å². The van der Waals surface area contributed by atoms with E-state index in [0.29, 0.717) is 47.6 Å². The molecule has 7 nitrogen and oxygen atoms in total. The van der Waals surface area contributed by atoms with Gasteiger partial charge in [0.2, 0.25) is 0 Å². The maximum Gasteiger partial charge on any atom is 0.257 e. The van der Waals surface area contributed by atoms with Gasteiger partial charge in [0.15, 0.2) is 0 Å². The molecular formula is C24H22Cl2N6O. The summed E-state index contributed by atoms with van der Waals surface area (Å²) in [5.74, 6) is 1.40. The van der Waals surface area contributed by atoms with Crippen molar-refractivity contribution in [3.63, 3.8) is 0 Å². The van der Waals surface area contributed by atoms with Gasteiger partial charge in [-0.2, -0.15) is 14.6 Å². The average molecular weight is 481 g/mol. The number of hydrogen-bond acceptors (Lipinski definition) is 5. The van der Waals surface area contributed by atoms with Crippen molar-refractivity contribution in [3.05, 3.63) is 87.3 Å². The monoisotopic (exact) mass is 480 g/mol. The Balaban J connectivity index is 1.44. The molecule has 5 rings (SSSR count). The predicted octanol–water partition coefficient (Wildman–Crippen LogP) is 4.29. The molecule has 3 heterocycles. The summed E-state index contributed by atoms with van der Waals surface area (Å²) >= 11 is 12.5. The van der Waals surface area contributed by atoms with Gasteiger partial charge >= 0.3 is 0 Å². The minimum absolute atomic E-state index is 0.147. The minimum Gasteiger partial charge on any atom is -0.353 e. The molecule has 1 amide bonds. The van der Waals surface area contributed by atoms with E-state index in [4.69, 9.17) is 23.2 Å². The Bertz CT molecular complexity index is 1300. The SMILES string of the molecule is Cc1nc2ncnn2c(N2CCN(C(=O)c3c(Cl)cccc3Cl)CC2)c1Cc1ccccc1. The topological polar surface area (TPSA) is 66.6 Å². The van der Waals surface area contributed by atoms with Gasteiger partial charge in [-0.05, 0) is 24.6 Å². The molecule has 0 atom stereocenters. The standard InChI is InChI=1S/C24H22Cl2N6O/c1-16-18(14-17-6-3-2-4-7-17)22(32-24(29-16)27-15-28-32)30-10-12-31(13-11-30)23(33)21-19(25)8-5-9-20(21)26/h2-9,15H,10-14H2,1H3. The number of aromatic nitrogens is 4. The summed E-state index contributed by atoms with van der Waals surface area (Å²) in [5.41, 5.74) is 3.59. The number of carbonyl (C=O) groups excluding carboxylic acids is 1. The molecule has 0 N–H and O–H groups in total. The van der Waals surface area contributed by atoms with Gasteiger partial charge in [0, 0.05) is 43.9 Å². The van der Waals surface area contributed by atoms with Crippen LogP contribution in [0.25, 0.3) is 5.78 Å². The number of aryl methyl sites for hydroxylation is 1. The molecule has 0 saturated carbocycles. The molecule has 1 aliphatic rings. The summed E-state index contributed by atoms with van der Waals surface area (Å²) in [6.07, 6.45) is 2.26. The van der Waals surface area contributed by atoms with Crippen LogP contribution in [0.1, 0.15) is 27.2 Å². The lowest BCUT2D eigenvalue weighted by Crippen LogP contribution is -2.49. The second kappa shape index (κ2) is 9.00. The highest BCUT2D eigenvalue weighted by molar-refractivity contribution is 6.39. The number of nitrogens with zero attached hydrogens (tertiary/aromatic N) is 6. The Morgan fingerprint density at radius 2 is 1.67 bits per heavy atom. The van der Waals surface area contributed by atoms with Crippen LogP contribution < -0.4 is 4.90 Å². The van der Waals surface area contributed by atoms with E-state index < -0.39 is 0 Å². The molecule has 4 aromatic rings. The number of piperazine rings is 1. The first kappa shape index (κ1) is 21.7. The van der Waals surface area contributed by atoms with Crippen molar-refractivity contribution >= 4 is 40.7 Å². The largest absolute Gasteiger partial charge is 0.353 e. The predicted molar refractivity (Wildman–Crippen MR) is 129 cm³/mol. The highest BCUT2D eigenvalue weighted by atomic mass is 35.5. The lowest BCUT2D eigenvalue weighted by atomic mass is 10.0. The molecule has 0 spiro atoms. The first-order chi connectivity index (χ1) is 16.0. The van der Waals surface area contributed by atoms with Gasteiger partial charge in [-0.25, -0.2) is 4.98 Å². The number of halogens is 2. The van der Waals surface area contributed by atoms with Gasteiger partial charge in [0.05, 0.1) is 15.6 Å². The summed E-state index contributed by atoms with van der Waals surface area (Å²) in [4.78, 5) is 26.1. The van der Waals surface area contributed by atoms with Crippen LogP contribution in [-0.2, 0) is 6.42 Å². The van der Waals surface area contributed by atoms with E-state index >= 15 is 0 Å². The van der Waals surface area contributed by atoms with E-state index in [1.54, 1.807) is 27.6 Å². The second-order valence-electron chi connectivity index (χ2n) is 8.01. The number of anilines is 1. The minimum atomic E-state index is -0.147. The molecule has 1 aliphatic heterocycles. The first-order valence-electron chi connectivity index (χ1n) is 10.7. The molecule has 1 saturated heterocycles. The van der Waals surface area contributed by atoms with Crippen molar-refractivity contribution in [2.45, 2.75) is 13.3 Å². The Kier molecular flexibility index (Phi) is 5.91. The third kappa shape index (κ3) is 4.14. The molecule has 0 aliphatic carbocycles. The summed E-state index contributed by atoms with van der Waals surface area (Å²) in [6.45, 7) is 4.39. The van der Waals surface area contributed by atoms with Crippen LogP contribution in [0.15, 0.2) is 54.9 Å². The van der Waals surface area contributed by atoms with Crippen molar-refractivity contribution in [1.82, 2.24) is 24.5 Å². The molecule has 0 unspecified atom stereocenters. The molecule has 2 aromatic carbocycles. The Labute approximate surface area is 201 Å². The van der Waals surface area contributed by atoms with Crippen LogP contribution in [-0.4, -0.2) is 56.6 Å². The first-order valence-corrected chi connectivity index (χ1v) is 11.5. The average Bonchev–Trinajstić information content (AvgIpc) is 3.28. The number of hydrogen-bond donors (Lipinski definition) is 0. The van der Waals surface area contributed by atoms with Crippen molar-refractivity contribution in [1.29, 1.82) is 0 Å². The third-order valence-corrected chi connectivity index (χ3v) is 6.60. The fourth-order valence-corrected chi connectivity index (χ4v) is 4.84. The zero-order valence-corrected chi connectivity index (χ0v) is 19.6. The van der Waals surface area contributed by atoms with E-state index in [0.717, 1.165) is 23.5 Å². The smallest absolute Gasteiger partial charge is 0.257 e.